The summed E-state index contributed by atoms with van der Waals surface area (Å²) in [5.74, 6) is 2.67. The zero-order valence-electron chi connectivity index (χ0n) is 29.0. The van der Waals surface area contributed by atoms with Crippen molar-refractivity contribution < 1.29 is 9.72 Å². The van der Waals surface area contributed by atoms with E-state index in [0.29, 0.717) is 17.6 Å². The Hall–Kier alpha value is -2.55. The van der Waals surface area contributed by atoms with Crippen LogP contribution in [0.2, 0.25) is 0 Å². The Morgan fingerprint density at radius 2 is 0.929 bits per heavy atom. The molecule has 240 valence electrons. The molecular weight excluding hydrogens is 550 g/mol. The van der Waals surface area contributed by atoms with Crippen LogP contribution in [0.5, 0.6) is 0 Å². The Kier molecular flexibility index (Phi) is 19.4. The third-order valence-electron chi connectivity index (χ3n) is 6.50. The van der Waals surface area contributed by atoms with Crippen LogP contribution in [0.15, 0.2) is 21.4 Å². The number of Topliss-reactive ketones (excluding diaryl/α,β-unsaturated/α-hetero) is 1. The van der Waals surface area contributed by atoms with Crippen molar-refractivity contribution in [3.8, 4) is 0 Å². The first-order valence-corrected chi connectivity index (χ1v) is 15.9. The number of hydrogen-bond acceptors (Lipinski definition) is 8. The molecule has 0 amide bonds. The highest BCUT2D eigenvalue weighted by atomic mass is 32.1. The number of carbonyl (C=O) groups excluding carboxylic acids is 1. The summed E-state index contributed by atoms with van der Waals surface area (Å²) >= 11 is 1.32. The van der Waals surface area contributed by atoms with Gasteiger partial charge < -0.3 is 0 Å². The molecule has 42 heavy (non-hydrogen) atoms. The van der Waals surface area contributed by atoms with Gasteiger partial charge in [-0.1, -0.05) is 111 Å². The monoisotopic (exact) mass is 607 g/mol. The molecule has 8 nitrogen and oxygen atoms in total. The maximum Gasteiger partial charge on any atom is 0.234 e. The molecule has 0 fully saturated rings. The van der Waals surface area contributed by atoms with E-state index in [9.17, 15) is 24.5 Å². The smallest absolute Gasteiger partial charge is 0.234 e. The number of hydrogen-bond donors (Lipinski definition) is 0. The molecule has 0 bridgehead atoms. The van der Waals surface area contributed by atoms with Gasteiger partial charge >= 0.3 is 0 Å². The van der Waals surface area contributed by atoms with Crippen LogP contribution in [0.4, 0.5) is 0 Å². The normalized spacial score (nSPS) is 11.1. The minimum absolute atomic E-state index is 0.188. The van der Waals surface area contributed by atoms with E-state index in [1.807, 2.05) is 83.1 Å². The van der Waals surface area contributed by atoms with Crippen LogP contribution < -0.4 is 10.9 Å². The van der Waals surface area contributed by atoms with Gasteiger partial charge in [0.15, 0.2) is 0 Å². The second-order valence-electron chi connectivity index (χ2n) is 13.1. The van der Waals surface area contributed by atoms with Gasteiger partial charge in [0.25, 0.3) is 0 Å². The molecule has 0 aliphatic heterocycles. The molecule has 1 heterocycles. The first kappa shape index (κ1) is 41.6. The quantitative estimate of drug-likeness (QED) is 0.159. The molecule has 0 atom stereocenters. The molecule has 9 heteroatoms. The fraction of sp³-hybridized carbons (Fsp3) is 0.727. The number of nitro groups is 1. The Labute approximate surface area is 258 Å². The van der Waals surface area contributed by atoms with Crippen LogP contribution >= 0.6 is 11.7 Å². The summed E-state index contributed by atoms with van der Waals surface area (Å²) in [5.41, 5.74) is 4.19. The molecule has 1 aromatic carbocycles. The van der Waals surface area contributed by atoms with Crippen molar-refractivity contribution in [1.82, 2.24) is 8.75 Å². The van der Waals surface area contributed by atoms with Crippen molar-refractivity contribution in [3.63, 3.8) is 0 Å². The molecule has 0 aliphatic carbocycles. The maximum absolute atomic E-state index is 11.1. The molecule has 0 radical (unpaired) electrons. The van der Waals surface area contributed by atoms with Crippen LogP contribution in [0.1, 0.15) is 157 Å². The van der Waals surface area contributed by atoms with Crippen molar-refractivity contribution in [1.29, 1.82) is 0 Å². The standard InChI is InChI=1S/C10H14O2.C8H14N2S.C8H15NO2.C7H14O/c1-5(2)7-8(6(3)4)10(12)9(7)11;1-5(2)7-8(6(3)4)10-11-9-7;1-6(2)8(7(3)4)5-9(10)11;1-5(2)7(8)6(3)4/h5-6H,1-4H3;5-6H,1-4H3;5-7H,1-4H3;5-6H,1-4H3. The number of carbonyl (C=O) groups is 1. The van der Waals surface area contributed by atoms with E-state index in [2.05, 4.69) is 36.4 Å². The van der Waals surface area contributed by atoms with Crippen LogP contribution in [0, 0.1) is 33.8 Å². The highest BCUT2D eigenvalue weighted by molar-refractivity contribution is 6.99. The highest BCUT2D eigenvalue weighted by Gasteiger charge is 2.24. The molecule has 0 saturated heterocycles. The van der Waals surface area contributed by atoms with Gasteiger partial charge in [0, 0.05) is 28.5 Å². The lowest BCUT2D eigenvalue weighted by Gasteiger charge is -2.16. The van der Waals surface area contributed by atoms with E-state index in [0.717, 1.165) is 22.9 Å². The summed E-state index contributed by atoms with van der Waals surface area (Å²) in [6, 6.07) is 0. The fourth-order valence-corrected chi connectivity index (χ4v) is 5.16. The van der Waals surface area contributed by atoms with Crippen molar-refractivity contribution in [3.05, 3.63) is 64.8 Å². The second-order valence-corrected chi connectivity index (χ2v) is 13.6. The number of nitrogens with zero attached hydrogens (tertiary/aromatic N) is 3. The molecule has 1 aromatic heterocycles. The van der Waals surface area contributed by atoms with Gasteiger partial charge in [-0.3, -0.25) is 24.5 Å². The average molecular weight is 608 g/mol. The minimum Gasteiger partial charge on any atom is -0.299 e. The predicted molar refractivity (Wildman–Crippen MR) is 177 cm³/mol. The first-order valence-electron chi connectivity index (χ1n) is 15.1. The largest absolute Gasteiger partial charge is 0.299 e. The van der Waals surface area contributed by atoms with E-state index in [4.69, 9.17) is 0 Å². The van der Waals surface area contributed by atoms with E-state index < -0.39 is 0 Å². The molecule has 0 aliphatic rings. The Morgan fingerprint density at radius 3 is 1.07 bits per heavy atom. The average Bonchev–Trinajstić information content (AvgIpc) is 3.35. The molecule has 0 saturated carbocycles. The third kappa shape index (κ3) is 14.1. The summed E-state index contributed by atoms with van der Waals surface area (Å²) < 4.78 is 8.54. The molecular formula is C33H57N3O5S. The van der Waals surface area contributed by atoms with Crippen LogP contribution in [0.3, 0.4) is 0 Å². The fourth-order valence-electron chi connectivity index (χ4n) is 4.33. The van der Waals surface area contributed by atoms with Crippen molar-refractivity contribution in [2.24, 2.45) is 23.7 Å². The molecule has 0 spiro atoms. The summed E-state index contributed by atoms with van der Waals surface area (Å²) in [7, 11) is 0. The number of rotatable bonds is 9. The van der Waals surface area contributed by atoms with E-state index >= 15 is 0 Å². The van der Waals surface area contributed by atoms with Crippen molar-refractivity contribution >= 4 is 17.5 Å². The summed E-state index contributed by atoms with van der Waals surface area (Å²) in [6.07, 6.45) is 1.12. The van der Waals surface area contributed by atoms with Gasteiger partial charge in [0.05, 0.1) is 28.0 Å². The lowest BCUT2D eigenvalue weighted by molar-refractivity contribution is -0.404. The summed E-state index contributed by atoms with van der Waals surface area (Å²) in [4.78, 5) is 42.8. The van der Waals surface area contributed by atoms with Gasteiger partial charge in [-0.05, 0) is 35.5 Å². The van der Waals surface area contributed by atoms with Crippen LogP contribution in [-0.4, -0.2) is 19.5 Å². The summed E-state index contributed by atoms with van der Waals surface area (Å²) in [6.45, 7) is 32.0. The van der Waals surface area contributed by atoms with Gasteiger partial charge in [-0.15, -0.1) is 0 Å². The minimum atomic E-state index is -0.380. The van der Waals surface area contributed by atoms with E-state index in [1.54, 1.807) is 0 Å². The SMILES string of the molecule is CC(C)C(=C[N+](=O)[O-])C(C)C.CC(C)C(=O)C(C)C.CC(C)c1c(C(C)C)c(=O)c1=O.CC(C)c1nsnc1C(C)C. The van der Waals surface area contributed by atoms with Crippen molar-refractivity contribution in [2.45, 2.75) is 134 Å². The van der Waals surface area contributed by atoms with E-state index in [1.165, 1.54) is 23.1 Å². The first-order chi connectivity index (χ1) is 19.1. The van der Waals surface area contributed by atoms with Gasteiger partial charge in [-0.2, -0.15) is 8.75 Å². The van der Waals surface area contributed by atoms with Crippen LogP contribution in [-0.2, 0) is 4.79 Å². The maximum atomic E-state index is 11.1. The number of allylic oxidation sites excluding steroid dienone is 1. The molecule has 0 N–H and O–H groups in total. The molecule has 2 aromatic rings. The molecule has 2 rings (SSSR count). The summed E-state index contributed by atoms with van der Waals surface area (Å²) in [5, 5.41) is 10.1. The van der Waals surface area contributed by atoms with Gasteiger partial charge in [0.1, 0.15) is 5.78 Å². The second kappa shape index (κ2) is 19.6. The highest BCUT2D eigenvalue weighted by Crippen LogP contribution is 2.23. The van der Waals surface area contributed by atoms with Gasteiger partial charge in [-0.25, -0.2) is 0 Å². The van der Waals surface area contributed by atoms with Crippen LogP contribution in [0.25, 0.3) is 0 Å². The zero-order valence-corrected chi connectivity index (χ0v) is 29.8. The Balaban J connectivity index is 0. The molecule has 0 unspecified atom stereocenters. The Morgan fingerprint density at radius 1 is 0.619 bits per heavy atom. The van der Waals surface area contributed by atoms with Gasteiger partial charge in [0.2, 0.25) is 17.1 Å². The van der Waals surface area contributed by atoms with Crippen molar-refractivity contribution in [2.75, 3.05) is 0 Å². The lowest BCUT2D eigenvalue weighted by Crippen LogP contribution is -2.41. The Bertz CT molecular complexity index is 1120. The third-order valence-corrected chi connectivity index (χ3v) is 7.06. The predicted octanol–water partition coefficient (Wildman–Crippen LogP) is 8.64. The number of aromatic nitrogens is 2. The lowest BCUT2D eigenvalue weighted by atomic mass is 9.85. The topological polar surface area (TPSA) is 120 Å². The van der Waals surface area contributed by atoms with E-state index in [-0.39, 0.29) is 51.3 Å². The zero-order chi connectivity index (χ0) is 33.6. The number of ketones is 1.